The molecule has 0 saturated carbocycles. The number of carbonyl (C=O) groups is 1. The first kappa shape index (κ1) is 21.0. The lowest BCUT2D eigenvalue weighted by atomic mass is 10.0. The van der Waals surface area contributed by atoms with E-state index >= 15 is 0 Å². The summed E-state index contributed by atoms with van der Waals surface area (Å²) in [4.78, 5) is 12.9. The number of rotatable bonds is 7. The number of anilines is 2. The van der Waals surface area contributed by atoms with Crippen molar-refractivity contribution >= 4 is 27.3 Å². The molecule has 0 aromatic heterocycles. The summed E-state index contributed by atoms with van der Waals surface area (Å²) >= 11 is 0. The van der Waals surface area contributed by atoms with Crippen molar-refractivity contribution in [2.75, 3.05) is 15.9 Å². The van der Waals surface area contributed by atoms with E-state index in [1.54, 1.807) is 25.1 Å². The molecule has 0 saturated heterocycles. The van der Waals surface area contributed by atoms with Crippen molar-refractivity contribution in [1.29, 1.82) is 0 Å². The minimum Gasteiger partial charge on any atom is -0.324 e. The molecule has 0 spiro atoms. The van der Waals surface area contributed by atoms with E-state index in [0.29, 0.717) is 23.7 Å². The smallest absolute Gasteiger partial charge is 0.248 e. The van der Waals surface area contributed by atoms with Gasteiger partial charge in [0.1, 0.15) is 6.04 Å². The van der Waals surface area contributed by atoms with Crippen LogP contribution in [0.4, 0.5) is 11.4 Å². The third-order valence-electron chi connectivity index (χ3n) is 4.43. The standard InChI is InChI=1S/C21H28N2O3S/c1-6-20(21(24)22-18-12-10-17(11-13-18)15(2)3)23(27(5,25)26)19-9-7-8-16(4)14-19/h7-15,20H,6H2,1-5H3,(H,22,24)/t20-/m1/s1. The van der Waals surface area contributed by atoms with Crippen molar-refractivity contribution in [2.45, 2.75) is 46.1 Å². The van der Waals surface area contributed by atoms with Crippen molar-refractivity contribution in [3.63, 3.8) is 0 Å². The Morgan fingerprint density at radius 3 is 2.22 bits per heavy atom. The Kier molecular flexibility index (Phi) is 6.65. The number of benzene rings is 2. The van der Waals surface area contributed by atoms with Crippen LogP contribution in [0.25, 0.3) is 0 Å². The Balaban J connectivity index is 2.31. The monoisotopic (exact) mass is 388 g/mol. The average Bonchev–Trinajstić information content (AvgIpc) is 2.58. The van der Waals surface area contributed by atoms with Crippen LogP contribution in [0, 0.1) is 6.92 Å². The third-order valence-corrected chi connectivity index (χ3v) is 5.61. The molecule has 2 aromatic carbocycles. The van der Waals surface area contributed by atoms with Gasteiger partial charge < -0.3 is 5.32 Å². The molecule has 0 aliphatic heterocycles. The van der Waals surface area contributed by atoms with Gasteiger partial charge in [0.15, 0.2) is 0 Å². The summed E-state index contributed by atoms with van der Waals surface area (Å²) in [5.74, 6) is 0.0573. The summed E-state index contributed by atoms with van der Waals surface area (Å²) in [6, 6.07) is 14.0. The Morgan fingerprint density at radius 1 is 1.11 bits per heavy atom. The summed E-state index contributed by atoms with van der Waals surface area (Å²) in [5, 5.41) is 2.85. The van der Waals surface area contributed by atoms with Gasteiger partial charge in [-0.15, -0.1) is 0 Å². The van der Waals surface area contributed by atoms with Crippen molar-refractivity contribution in [3.8, 4) is 0 Å². The zero-order valence-electron chi connectivity index (χ0n) is 16.6. The highest BCUT2D eigenvalue weighted by molar-refractivity contribution is 7.92. The molecule has 0 fully saturated rings. The molecule has 2 rings (SSSR count). The predicted octanol–water partition coefficient (Wildman–Crippen LogP) is 4.30. The fourth-order valence-electron chi connectivity index (χ4n) is 3.00. The molecule has 0 heterocycles. The zero-order chi connectivity index (χ0) is 20.2. The Hall–Kier alpha value is -2.34. The molecule has 6 heteroatoms. The molecular weight excluding hydrogens is 360 g/mol. The fourth-order valence-corrected chi connectivity index (χ4v) is 4.21. The summed E-state index contributed by atoms with van der Waals surface area (Å²) in [6.07, 6.45) is 1.49. The predicted molar refractivity (Wildman–Crippen MR) is 112 cm³/mol. The lowest BCUT2D eigenvalue weighted by Gasteiger charge is -2.30. The molecule has 1 N–H and O–H groups in total. The molecule has 0 unspecified atom stereocenters. The first-order valence-electron chi connectivity index (χ1n) is 9.10. The summed E-state index contributed by atoms with van der Waals surface area (Å²) < 4.78 is 26.1. The molecule has 0 bridgehead atoms. The minimum atomic E-state index is -3.63. The highest BCUT2D eigenvalue weighted by Crippen LogP contribution is 2.24. The second kappa shape index (κ2) is 8.57. The van der Waals surface area contributed by atoms with Gasteiger partial charge in [0.05, 0.1) is 11.9 Å². The van der Waals surface area contributed by atoms with E-state index in [0.717, 1.165) is 11.8 Å². The summed E-state index contributed by atoms with van der Waals surface area (Å²) in [6.45, 7) is 7.90. The van der Waals surface area contributed by atoms with Gasteiger partial charge >= 0.3 is 0 Å². The molecule has 0 radical (unpaired) electrons. The molecule has 0 aliphatic rings. The highest BCUT2D eigenvalue weighted by Gasteiger charge is 2.31. The topological polar surface area (TPSA) is 66.5 Å². The van der Waals surface area contributed by atoms with E-state index in [2.05, 4.69) is 19.2 Å². The first-order valence-corrected chi connectivity index (χ1v) is 10.9. The van der Waals surface area contributed by atoms with Gasteiger partial charge in [-0.25, -0.2) is 8.42 Å². The van der Waals surface area contributed by atoms with Crippen LogP contribution in [-0.2, 0) is 14.8 Å². The molecular formula is C21H28N2O3S. The van der Waals surface area contributed by atoms with Crippen LogP contribution in [0.2, 0.25) is 0 Å². The number of aryl methyl sites for hydroxylation is 1. The molecule has 1 amide bonds. The van der Waals surface area contributed by atoms with Gasteiger partial charge in [-0.05, 0) is 54.7 Å². The van der Waals surface area contributed by atoms with E-state index in [1.807, 2.05) is 37.3 Å². The number of amides is 1. The molecule has 27 heavy (non-hydrogen) atoms. The quantitative estimate of drug-likeness (QED) is 0.769. The van der Waals surface area contributed by atoms with Crippen molar-refractivity contribution < 1.29 is 13.2 Å². The van der Waals surface area contributed by atoms with Crippen molar-refractivity contribution in [3.05, 3.63) is 59.7 Å². The largest absolute Gasteiger partial charge is 0.324 e. The first-order chi connectivity index (χ1) is 12.6. The van der Waals surface area contributed by atoms with Crippen LogP contribution in [0.15, 0.2) is 48.5 Å². The second-order valence-electron chi connectivity index (χ2n) is 7.09. The van der Waals surface area contributed by atoms with Gasteiger partial charge in [0, 0.05) is 5.69 Å². The van der Waals surface area contributed by atoms with E-state index in [-0.39, 0.29) is 5.91 Å². The summed E-state index contributed by atoms with van der Waals surface area (Å²) in [7, 11) is -3.63. The average molecular weight is 389 g/mol. The lowest BCUT2D eigenvalue weighted by molar-refractivity contribution is -0.117. The maximum atomic E-state index is 12.9. The van der Waals surface area contributed by atoms with Gasteiger partial charge in [-0.3, -0.25) is 9.10 Å². The van der Waals surface area contributed by atoms with Crippen molar-refractivity contribution in [2.24, 2.45) is 0 Å². The van der Waals surface area contributed by atoms with E-state index < -0.39 is 16.1 Å². The van der Waals surface area contributed by atoms with Gasteiger partial charge in [0.25, 0.3) is 0 Å². The van der Waals surface area contributed by atoms with Crippen LogP contribution < -0.4 is 9.62 Å². The maximum Gasteiger partial charge on any atom is 0.248 e. The van der Waals surface area contributed by atoms with Crippen LogP contribution in [-0.4, -0.2) is 26.6 Å². The van der Waals surface area contributed by atoms with Gasteiger partial charge in [-0.1, -0.05) is 45.0 Å². The van der Waals surface area contributed by atoms with E-state index in [1.165, 1.54) is 9.87 Å². The molecule has 5 nitrogen and oxygen atoms in total. The third kappa shape index (κ3) is 5.32. The van der Waals surface area contributed by atoms with Crippen LogP contribution >= 0.6 is 0 Å². The second-order valence-corrected chi connectivity index (χ2v) is 8.95. The molecule has 0 aliphatic carbocycles. The Morgan fingerprint density at radius 2 is 1.74 bits per heavy atom. The molecule has 1 atom stereocenters. The number of sulfonamides is 1. The van der Waals surface area contributed by atoms with Crippen molar-refractivity contribution in [1.82, 2.24) is 0 Å². The number of nitrogens with zero attached hydrogens (tertiary/aromatic N) is 1. The van der Waals surface area contributed by atoms with Crippen LogP contribution in [0.3, 0.4) is 0 Å². The van der Waals surface area contributed by atoms with E-state index in [9.17, 15) is 13.2 Å². The minimum absolute atomic E-state index is 0.346. The Bertz CT molecular complexity index is 890. The summed E-state index contributed by atoms with van der Waals surface area (Å²) in [5.41, 5.74) is 3.26. The van der Waals surface area contributed by atoms with Gasteiger partial charge in [-0.2, -0.15) is 0 Å². The maximum absolute atomic E-state index is 12.9. The number of hydrogen-bond acceptors (Lipinski definition) is 3. The Labute approximate surface area is 162 Å². The van der Waals surface area contributed by atoms with E-state index in [4.69, 9.17) is 0 Å². The lowest BCUT2D eigenvalue weighted by Crippen LogP contribution is -2.47. The van der Waals surface area contributed by atoms with Crippen LogP contribution in [0.5, 0.6) is 0 Å². The number of hydrogen-bond donors (Lipinski definition) is 1. The van der Waals surface area contributed by atoms with Gasteiger partial charge in [0.2, 0.25) is 15.9 Å². The zero-order valence-corrected chi connectivity index (χ0v) is 17.4. The number of carbonyl (C=O) groups excluding carboxylic acids is 1. The number of nitrogens with one attached hydrogen (secondary N) is 1. The SMILES string of the molecule is CC[C@H](C(=O)Nc1ccc(C(C)C)cc1)N(c1cccc(C)c1)S(C)(=O)=O. The normalized spacial score (nSPS) is 12.7. The van der Waals surface area contributed by atoms with Crippen LogP contribution in [0.1, 0.15) is 44.2 Å². The molecule has 2 aromatic rings. The molecule has 146 valence electrons. The highest BCUT2D eigenvalue weighted by atomic mass is 32.2. The fraction of sp³-hybridized carbons (Fsp3) is 0.381.